The Hall–Kier alpha value is -0.0800. The summed E-state index contributed by atoms with van der Waals surface area (Å²) in [5, 5.41) is 4.48. The molecule has 0 amide bonds. The van der Waals surface area contributed by atoms with Gasteiger partial charge in [0, 0.05) is 6.54 Å². The summed E-state index contributed by atoms with van der Waals surface area (Å²) in [4.78, 5) is 2.35. The summed E-state index contributed by atoms with van der Waals surface area (Å²) >= 11 is 0. The topological polar surface area (TPSA) is 17.3 Å². The van der Waals surface area contributed by atoms with E-state index < -0.39 is 0 Å². The van der Waals surface area contributed by atoms with Gasteiger partial charge in [0.25, 0.3) is 0 Å². The number of hydrogen-bond donors (Lipinski definition) is 0. The fraction of sp³-hybridized carbons (Fsp3) is 1.00. The van der Waals surface area contributed by atoms with Crippen molar-refractivity contribution >= 4 is 0 Å². The second kappa shape index (κ2) is 3.94. The van der Waals surface area contributed by atoms with Gasteiger partial charge in [0.05, 0.1) is 6.17 Å². The Morgan fingerprint density at radius 2 is 2.40 bits per heavy atom. The smallest absolute Gasteiger partial charge is 0.0758 e. The second-order valence-corrected chi connectivity index (χ2v) is 3.01. The average molecular weight is 141 g/mol. The van der Waals surface area contributed by atoms with Crippen molar-refractivity contribution in [2.24, 2.45) is 0 Å². The minimum atomic E-state index is 0.542. The molecule has 1 rings (SSSR count). The van der Waals surface area contributed by atoms with Gasteiger partial charge in [0.15, 0.2) is 0 Å². The maximum atomic E-state index is 4.48. The van der Waals surface area contributed by atoms with E-state index in [1.54, 1.807) is 0 Å². The zero-order valence-corrected chi connectivity index (χ0v) is 7.01. The SMILES string of the molecule is CCCN(C)C1CCC[N]1. The quantitative estimate of drug-likeness (QED) is 0.574. The van der Waals surface area contributed by atoms with Crippen LogP contribution in [0.3, 0.4) is 0 Å². The highest BCUT2D eigenvalue weighted by atomic mass is 15.3. The van der Waals surface area contributed by atoms with E-state index in [9.17, 15) is 0 Å². The predicted molar refractivity (Wildman–Crippen MR) is 42.9 cm³/mol. The average Bonchev–Trinajstić information content (AvgIpc) is 2.38. The van der Waals surface area contributed by atoms with Gasteiger partial charge in [0.2, 0.25) is 0 Å². The highest BCUT2D eigenvalue weighted by Crippen LogP contribution is 2.09. The molecule has 1 fully saturated rings. The van der Waals surface area contributed by atoms with E-state index in [1.807, 2.05) is 0 Å². The van der Waals surface area contributed by atoms with Crippen LogP contribution in [0.4, 0.5) is 0 Å². The summed E-state index contributed by atoms with van der Waals surface area (Å²) in [6.07, 6.45) is 4.34. The number of rotatable bonds is 3. The van der Waals surface area contributed by atoms with Crippen LogP contribution >= 0.6 is 0 Å². The molecule has 0 bridgehead atoms. The van der Waals surface area contributed by atoms with Gasteiger partial charge < -0.3 is 0 Å². The lowest BCUT2D eigenvalue weighted by atomic mass is 10.3. The van der Waals surface area contributed by atoms with E-state index >= 15 is 0 Å². The lowest BCUT2D eigenvalue weighted by Crippen LogP contribution is -2.35. The van der Waals surface area contributed by atoms with Crippen molar-refractivity contribution in [2.75, 3.05) is 20.1 Å². The van der Waals surface area contributed by atoms with Crippen LogP contribution in [0.15, 0.2) is 0 Å². The Bertz CT molecular complexity index is 87.3. The first kappa shape index (κ1) is 8.02. The summed E-state index contributed by atoms with van der Waals surface area (Å²) in [5.41, 5.74) is 0. The molecule has 0 aromatic heterocycles. The van der Waals surface area contributed by atoms with Crippen molar-refractivity contribution in [2.45, 2.75) is 32.4 Å². The van der Waals surface area contributed by atoms with Crippen LogP contribution in [0.2, 0.25) is 0 Å². The predicted octanol–water partition coefficient (Wildman–Crippen LogP) is 1.05. The Kier molecular flexibility index (Phi) is 3.16. The van der Waals surface area contributed by atoms with Crippen molar-refractivity contribution in [1.29, 1.82) is 0 Å². The maximum absolute atomic E-state index is 4.48. The second-order valence-electron chi connectivity index (χ2n) is 3.01. The van der Waals surface area contributed by atoms with Crippen molar-refractivity contribution in [3.8, 4) is 0 Å². The van der Waals surface area contributed by atoms with Crippen LogP contribution in [-0.2, 0) is 0 Å². The molecule has 1 saturated heterocycles. The Balaban J connectivity index is 2.18. The standard InChI is InChI=1S/C8H17N2/c1-3-7-10(2)8-5-4-6-9-8/h8H,3-7H2,1-2H3. The van der Waals surface area contributed by atoms with Crippen LogP contribution < -0.4 is 5.32 Å². The first-order valence-electron chi connectivity index (χ1n) is 4.21. The van der Waals surface area contributed by atoms with Gasteiger partial charge in [-0.05, 0) is 32.9 Å². The molecule has 0 aliphatic carbocycles. The van der Waals surface area contributed by atoms with Gasteiger partial charge in [-0.25, -0.2) is 5.32 Å². The van der Waals surface area contributed by atoms with E-state index in [4.69, 9.17) is 0 Å². The Labute approximate surface area is 63.6 Å². The summed E-state index contributed by atoms with van der Waals surface area (Å²) < 4.78 is 0. The maximum Gasteiger partial charge on any atom is 0.0758 e. The van der Waals surface area contributed by atoms with Gasteiger partial charge in [-0.2, -0.15) is 0 Å². The lowest BCUT2D eigenvalue weighted by Gasteiger charge is -2.21. The molecule has 2 nitrogen and oxygen atoms in total. The van der Waals surface area contributed by atoms with Crippen molar-refractivity contribution in [1.82, 2.24) is 10.2 Å². The molecule has 0 N–H and O–H groups in total. The largest absolute Gasteiger partial charge is 0.290 e. The van der Waals surface area contributed by atoms with Gasteiger partial charge in [-0.15, -0.1) is 0 Å². The lowest BCUT2D eigenvalue weighted by molar-refractivity contribution is 0.222. The van der Waals surface area contributed by atoms with Crippen molar-refractivity contribution in [3.63, 3.8) is 0 Å². The van der Waals surface area contributed by atoms with Gasteiger partial charge >= 0.3 is 0 Å². The molecule has 2 heteroatoms. The van der Waals surface area contributed by atoms with Crippen LogP contribution in [0.25, 0.3) is 0 Å². The van der Waals surface area contributed by atoms with Gasteiger partial charge in [-0.3, -0.25) is 4.90 Å². The Morgan fingerprint density at radius 3 is 2.90 bits per heavy atom. The summed E-state index contributed by atoms with van der Waals surface area (Å²) in [6, 6.07) is 0. The molecule has 1 heterocycles. The van der Waals surface area contributed by atoms with Crippen molar-refractivity contribution < 1.29 is 0 Å². The Morgan fingerprint density at radius 1 is 1.60 bits per heavy atom. The molecule has 59 valence electrons. The fourth-order valence-electron chi connectivity index (χ4n) is 1.47. The highest BCUT2D eigenvalue weighted by molar-refractivity contribution is 4.72. The molecule has 0 saturated carbocycles. The summed E-state index contributed by atoms with van der Waals surface area (Å²) in [6.45, 7) is 4.48. The molecular formula is C8H17N2. The van der Waals surface area contributed by atoms with Crippen LogP contribution in [0.5, 0.6) is 0 Å². The molecule has 1 radical (unpaired) electrons. The molecule has 0 spiro atoms. The summed E-state index contributed by atoms with van der Waals surface area (Å²) in [5.74, 6) is 0. The highest BCUT2D eigenvalue weighted by Gasteiger charge is 2.18. The van der Waals surface area contributed by atoms with E-state index in [-0.39, 0.29) is 0 Å². The van der Waals surface area contributed by atoms with Crippen LogP contribution in [0.1, 0.15) is 26.2 Å². The third-order valence-electron chi connectivity index (χ3n) is 2.05. The molecular weight excluding hydrogens is 124 g/mol. The molecule has 10 heavy (non-hydrogen) atoms. The third kappa shape index (κ3) is 1.96. The molecule has 1 aliphatic rings. The van der Waals surface area contributed by atoms with E-state index in [1.165, 1.54) is 25.8 Å². The minimum absolute atomic E-state index is 0.542. The van der Waals surface area contributed by atoms with E-state index in [0.717, 1.165) is 6.54 Å². The first-order chi connectivity index (χ1) is 4.84. The van der Waals surface area contributed by atoms with E-state index in [2.05, 4.69) is 24.2 Å². The first-order valence-corrected chi connectivity index (χ1v) is 4.21. The summed E-state index contributed by atoms with van der Waals surface area (Å²) in [7, 11) is 2.17. The third-order valence-corrected chi connectivity index (χ3v) is 2.05. The number of nitrogens with zero attached hydrogens (tertiary/aromatic N) is 2. The fourth-order valence-corrected chi connectivity index (χ4v) is 1.47. The zero-order chi connectivity index (χ0) is 7.40. The molecule has 1 unspecified atom stereocenters. The zero-order valence-electron chi connectivity index (χ0n) is 7.01. The normalized spacial score (nSPS) is 26.1. The molecule has 0 aromatic rings. The molecule has 1 atom stereocenters. The molecule has 0 aromatic carbocycles. The van der Waals surface area contributed by atoms with E-state index in [0.29, 0.717) is 6.17 Å². The van der Waals surface area contributed by atoms with Crippen molar-refractivity contribution in [3.05, 3.63) is 0 Å². The molecule has 1 aliphatic heterocycles. The minimum Gasteiger partial charge on any atom is -0.290 e. The van der Waals surface area contributed by atoms with Gasteiger partial charge in [0.1, 0.15) is 0 Å². The van der Waals surface area contributed by atoms with Crippen LogP contribution in [-0.4, -0.2) is 31.2 Å². The van der Waals surface area contributed by atoms with Gasteiger partial charge in [-0.1, -0.05) is 6.92 Å². The van der Waals surface area contributed by atoms with Crippen LogP contribution in [0, 0.1) is 0 Å². The number of hydrogen-bond acceptors (Lipinski definition) is 1. The monoisotopic (exact) mass is 141 g/mol.